The number of aromatic nitrogens is 5. The molecule has 0 aliphatic carbocycles. The van der Waals surface area contributed by atoms with Crippen LogP contribution in [0.5, 0.6) is 0 Å². The maximum atomic E-state index is 13.1. The summed E-state index contributed by atoms with van der Waals surface area (Å²) in [5, 5.41) is 18.1. The van der Waals surface area contributed by atoms with Gasteiger partial charge in [0.05, 0.1) is 0 Å². The number of hydrogen-bond donors (Lipinski definition) is 3. The first kappa shape index (κ1) is 23.3. The van der Waals surface area contributed by atoms with Gasteiger partial charge in [-0.3, -0.25) is 5.10 Å². The number of aromatic amines is 2. The second-order valence-electron chi connectivity index (χ2n) is 7.93. The minimum absolute atomic E-state index is 0.0856. The van der Waals surface area contributed by atoms with Gasteiger partial charge in [0.1, 0.15) is 0 Å². The summed E-state index contributed by atoms with van der Waals surface area (Å²) in [5.74, 6) is -0.480. The summed E-state index contributed by atoms with van der Waals surface area (Å²) < 4.78 is 39.0. The maximum absolute atomic E-state index is 13.1. The first-order chi connectivity index (χ1) is 16.7. The summed E-state index contributed by atoms with van der Waals surface area (Å²) in [7, 11) is 0. The van der Waals surface area contributed by atoms with Crippen LogP contribution in [0.25, 0.3) is 32.7 Å². The van der Waals surface area contributed by atoms with Crippen LogP contribution in [0.4, 0.5) is 18.9 Å². The molecule has 7 nitrogen and oxygen atoms in total. The van der Waals surface area contributed by atoms with Crippen LogP contribution in [0.15, 0.2) is 54.0 Å². The SMILES string of the molecule is C[C@H]([AsH2])c1cccc(-c2cc3cn[nH]c3cc2NC(=O)c2csc(-c3cc(C(F)(F)F)n[nH]3)n2)c1. The number of carbonyl (C=O) groups is 1. The summed E-state index contributed by atoms with van der Waals surface area (Å²) in [6.07, 6.45) is -2.85. The van der Waals surface area contributed by atoms with Crippen molar-refractivity contribution in [3.63, 3.8) is 0 Å². The number of halogens is 3. The number of amides is 1. The molecule has 3 N–H and O–H groups in total. The zero-order valence-electron chi connectivity index (χ0n) is 18.1. The first-order valence-corrected chi connectivity index (χ1v) is 12.7. The predicted molar refractivity (Wildman–Crippen MR) is 131 cm³/mol. The Morgan fingerprint density at radius 1 is 1.17 bits per heavy atom. The van der Waals surface area contributed by atoms with Crippen LogP contribution in [0, 0.1) is 0 Å². The second-order valence-corrected chi connectivity index (χ2v) is 10.9. The summed E-state index contributed by atoms with van der Waals surface area (Å²) in [5.41, 5.74) is 3.40. The van der Waals surface area contributed by atoms with Crippen molar-refractivity contribution in [2.75, 3.05) is 5.32 Å². The predicted octanol–water partition coefficient (Wildman–Crippen LogP) is 5.04. The molecule has 178 valence electrons. The third-order valence-corrected chi connectivity index (χ3v) is 7.07. The van der Waals surface area contributed by atoms with Gasteiger partial charge in [0.25, 0.3) is 0 Å². The summed E-state index contributed by atoms with van der Waals surface area (Å²) >= 11 is 2.67. The number of alkyl halides is 3. The fraction of sp³-hybridized carbons (Fsp3) is 0.130. The van der Waals surface area contributed by atoms with Gasteiger partial charge in [0.2, 0.25) is 0 Å². The summed E-state index contributed by atoms with van der Waals surface area (Å²) in [6, 6.07) is 12.8. The number of fused-ring (bicyclic) bond motifs is 1. The molecule has 5 rings (SSSR count). The molecule has 3 aromatic heterocycles. The number of H-pyrrole nitrogens is 2. The Balaban J connectivity index is 1.47. The molecular weight excluding hydrogens is 540 g/mol. The molecule has 3 heterocycles. The van der Waals surface area contributed by atoms with Gasteiger partial charge in [-0.05, 0) is 6.07 Å². The third-order valence-electron chi connectivity index (χ3n) is 5.39. The normalized spacial score (nSPS) is 12.7. The van der Waals surface area contributed by atoms with E-state index in [4.69, 9.17) is 0 Å². The quantitative estimate of drug-likeness (QED) is 0.263. The Kier molecular flexibility index (Phi) is 5.98. The van der Waals surface area contributed by atoms with Gasteiger partial charge in [0, 0.05) is 0 Å². The number of nitrogens with zero attached hydrogens (tertiary/aromatic N) is 3. The standard InChI is InChI=1S/C23H18AsF3N6OS/c1-11(24)12-3-2-4-13(5-12)15-6-14-9-28-31-16(14)7-17(15)29-21(34)19-10-35-22(30-19)18-8-20(33-32-18)23(25,26)27/h2-11H,24H2,1H3,(H,28,31)(H,29,34)(H,32,33)/t11-/m0/s1. The first-order valence-electron chi connectivity index (χ1n) is 10.4. The average molecular weight is 558 g/mol. The van der Waals surface area contributed by atoms with Crippen molar-refractivity contribution in [3.05, 3.63) is 71.0 Å². The number of benzene rings is 2. The van der Waals surface area contributed by atoms with E-state index in [1.54, 1.807) is 29.1 Å². The fourth-order valence-electron chi connectivity index (χ4n) is 3.59. The molecule has 0 aliphatic heterocycles. The second kappa shape index (κ2) is 8.98. The van der Waals surface area contributed by atoms with E-state index in [1.807, 2.05) is 18.2 Å². The Morgan fingerprint density at radius 3 is 2.74 bits per heavy atom. The van der Waals surface area contributed by atoms with Gasteiger partial charge in [-0.2, -0.15) is 18.3 Å². The van der Waals surface area contributed by atoms with Gasteiger partial charge >= 0.3 is 175 Å². The molecule has 0 saturated carbocycles. The molecular formula is C23H18AsF3N6OS. The van der Waals surface area contributed by atoms with Crippen molar-refractivity contribution >= 4 is 50.7 Å². The van der Waals surface area contributed by atoms with E-state index in [0.29, 0.717) is 10.4 Å². The van der Waals surface area contributed by atoms with Gasteiger partial charge in [-0.25, -0.2) is 0 Å². The van der Waals surface area contributed by atoms with E-state index in [1.165, 1.54) is 10.9 Å². The fourth-order valence-corrected chi connectivity index (χ4v) is 4.79. The number of hydrogen-bond acceptors (Lipinski definition) is 5. The van der Waals surface area contributed by atoms with E-state index in [9.17, 15) is 18.0 Å². The minimum atomic E-state index is -4.57. The van der Waals surface area contributed by atoms with Crippen LogP contribution in [0.2, 0.25) is 0 Å². The van der Waals surface area contributed by atoms with Crippen molar-refractivity contribution in [1.82, 2.24) is 25.4 Å². The van der Waals surface area contributed by atoms with E-state index >= 15 is 0 Å². The zero-order chi connectivity index (χ0) is 24.7. The van der Waals surface area contributed by atoms with Crippen molar-refractivity contribution in [2.45, 2.75) is 17.8 Å². The monoisotopic (exact) mass is 558 g/mol. The number of nitrogens with one attached hydrogen (secondary N) is 3. The molecule has 0 radical (unpaired) electrons. The molecule has 1 amide bonds. The van der Waals surface area contributed by atoms with Crippen molar-refractivity contribution in [3.8, 4) is 21.8 Å². The molecule has 1 unspecified atom stereocenters. The van der Waals surface area contributed by atoms with Crippen LogP contribution < -0.4 is 5.32 Å². The van der Waals surface area contributed by atoms with E-state index in [-0.39, 0.29) is 16.4 Å². The number of rotatable bonds is 5. The third kappa shape index (κ3) is 4.74. The molecule has 0 spiro atoms. The van der Waals surface area contributed by atoms with E-state index < -0.39 is 17.8 Å². The molecule has 0 saturated heterocycles. The molecule has 2 atom stereocenters. The zero-order valence-corrected chi connectivity index (χ0v) is 21.4. The average Bonchev–Trinajstić information content (AvgIpc) is 3.58. The van der Waals surface area contributed by atoms with Crippen LogP contribution in [-0.2, 0) is 6.18 Å². The van der Waals surface area contributed by atoms with Gasteiger partial charge in [-0.15, -0.1) is 0 Å². The van der Waals surface area contributed by atoms with Crippen molar-refractivity contribution in [1.29, 1.82) is 0 Å². The van der Waals surface area contributed by atoms with Crippen LogP contribution in [-0.4, -0.2) is 48.1 Å². The van der Waals surface area contributed by atoms with E-state index in [2.05, 4.69) is 49.8 Å². The molecule has 0 fully saturated rings. The molecule has 0 aliphatic rings. The van der Waals surface area contributed by atoms with Crippen LogP contribution in [0.3, 0.4) is 0 Å². The number of carbonyl (C=O) groups excluding carboxylic acids is 1. The molecule has 12 heteroatoms. The van der Waals surface area contributed by atoms with Gasteiger partial charge < -0.3 is 0 Å². The Morgan fingerprint density at radius 2 is 2.00 bits per heavy atom. The summed E-state index contributed by atoms with van der Waals surface area (Å²) in [4.78, 5) is 17.3. The number of thiazole rings is 1. The van der Waals surface area contributed by atoms with Crippen LogP contribution >= 0.6 is 11.3 Å². The van der Waals surface area contributed by atoms with Gasteiger partial charge in [0.15, 0.2) is 5.69 Å². The van der Waals surface area contributed by atoms with Crippen LogP contribution in [0.1, 0.15) is 33.4 Å². The molecule has 2 aromatic carbocycles. The number of anilines is 1. The Labute approximate surface area is 209 Å². The summed E-state index contributed by atoms with van der Waals surface area (Å²) in [6.45, 7) is 2.14. The van der Waals surface area contributed by atoms with Crippen molar-refractivity contribution in [2.24, 2.45) is 0 Å². The van der Waals surface area contributed by atoms with Gasteiger partial charge in [-0.1, -0.05) is 0 Å². The molecule has 35 heavy (non-hydrogen) atoms. The van der Waals surface area contributed by atoms with E-state index in [0.717, 1.165) is 39.4 Å². The molecule has 5 aromatic rings. The Hall–Kier alpha value is -3.43. The Bertz CT molecular complexity index is 1540. The van der Waals surface area contributed by atoms with Crippen molar-refractivity contribution < 1.29 is 18.0 Å². The molecule has 0 bridgehead atoms. The topological polar surface area (TPSA) is 99.4 Å².